The molecule has 0 radical (unpaired) electrons. The fraction of sp³-hybridized carbons (Fsp3) is 0.389. The van der Waals surface area contributed by atoms with Crippen LogP contribution in [0.2, 0.25) is 0 Å². The maximum atomic E-state index is 12.4. The molecule has 134 valence electrons. The Hall–Kier alpha value is -2.83. The Labute approximate surface area is 146 Å². The van der Waals surface area contributed by atoms with Crippen molar-refractivity contribution in [1.29, 1.82) is 0 Å². The van der Waals surface area contributed by atoms with Gasteiger partial charge >= 0.3 is 6.09 Å². The number of hydrogen-bond donors (Lipinski definition) is 2. The van der Waals surface area contributed by atoms with E-state index in [1.54, 1.807) is 6.20 Å². The van der Waals surface area contributed by atoms with Crippen LogP contribution in [-0.2, 0) is 16.1 Å². The first-order chi connectivity index (χ1) is 12.0. The lowest BCUT2D eigenvalue weighted by atomic mass is 10.0. The molecular formula is C18H23N3O4. The number of carbonyl (C=O) groups excluding carboxylic acids is 2. The molecule has 2 rings (SSSR count). The van der Waals surface area contributed by atoms with Crippen molar-refractivity contribution in [2.24, 2.45) is 5.92 Å². The number of nitrogens with one attached hydrogen (secondary N) is 2. The molecule has 1 atom stereocenters. The fourth-order valence-corrected chi connectivity index (χ4v) is 2.41. The third-order valence-electron chi connectivity index (χ3n) is 3.61. The summed E-state index contributed by atoms with van der Waals surface area (Å²) in [4.78, 5) is 27.7. The Morgan fingerprint density at radius 2 is 2.12 bits per heavy atom. The molecule has 7 nitrogen and oxygen atoms in total. The summed E-state index contributed by atoms with van der Waals surface area (Å²) >= 11 is 0. The number of methoxy groups -OCH3 is 1. The first kappa shape index (κ1) is 18.5. The van der Waals surface area contributed by atoms with Gasteiger partial charge in [-0.2, -0.15) is 0 Å². The van der Waals surface area contributed by atoms with Gasteiger partial charge in [0.1, 0.15) is 6.04 Å². The molecule has 1 unspecified atom stereocenters. The number of hydrogen-bond acceptors (Lipinski definition) is 5. The number of alkyl carbamates (subject to hydrolysis) is 1. The zero-order valence-corrected chi connectivity index (χ0v) is 14.6. The smallest absolute Gasteiger partial charge is 0.407 e. The minimum Gasteiger partial charge on any atom is -0.453 e. The van der Waals surface area contributed by atoms with Crippen molar-refractivity contribution in [1.82, 2.24) is 15.6 Å². The third-order valence-corrected chi connectivity index (χ3v) is 3.61. The van der Waals surface area contributed by atoms with Crippen molar-refractivity contribution in [3.8, 4) is 11.3 Å². The number of oxazole rings is 1. The maximum absolute atomic E-state index is 12.4. The van der Waals surface area contributed by atoms with Crippen molar-refractivity contribution >= 4 is 12.0 Å². The van der Waals surface area contributed by atoms with E-state index < -0.39 is 12.1 Å². The average Bonchev–Trinajstić information content (AvgIpc) is 3.13. The van der Waals surface area contributed by atoms with Crippen LogP contribution in [0.15, 0.2) is 41.3 Å². The van der Waals surface area contributed by atoms with Crippen molar-refractivity contribution in [3.05, 3.63) is 42.4 Å². The average molecular weight is 345 g/mol. The van der Waals surface area contributed by atoms with Crippen LogP contribution in [0.4, 0.5) is 4.79 Å². The Bertz CT molecular complexity index is 698. The van der Waals surface area contributed by atoms with Crippen LogP contribution in [-0.4, -0.2) is 30.1 Å². The number of amides is 2. The van der Waals surface area contributed by atoms with Gasteiger partial charge in [-0.1, -0.05) is 32.0 Å². The summed E-state index contributed by atoms with van der Waals surface area (Å²) in [5, 5.41) is 5.42. The van der Waals surface area contributed by atoms with E-state index >= 15 is 0 Å². The van der Waals surface area contributed by atoms with Gasteiger partial charge < -0.3 is 19.8 Å². The number of aromatic nitrogens is 1. The summed E-state index contributed by atoms with van der Waals surface area (Å²) in [7, 11) is 1.27. The highest BCUT2D eigenvalue weighted by Gasteiger charge is 2.22. The lowest BCUT2D eigenvalue weighted by Crippen LogP contribution is -2.47. The van der Waals surface area contributed by atoms with E-state index in [1.807, 2.05) is 38.1 Å². The molecule has 7 heteroatoms. The predicted molar refractivity (Wildman–Crippen MR) is 92.6 cm³/mol. The molecule has 0 aliphatic heterocycles. The second-order valence-corrected chi connectivity index (χ2v) is 6.10. The quantitative estimate of drug-likeness (QED) is 0.805. The second kappa shape index (κ2) is 8.86. The normalized spacial score (nSPS) is 11.8. The molecule has 0 saturated carbocycles. The molecule has 25 heavy (non-hydrogen) atoms. The Morgan fingerprint density at radius 1 is 1.32 bits per heavy atom. The number of nitrogens with zero attached hydrogens (tertiary/aromatic N) is 1. The van der Waals surface area contributed by atoms with Crippen LogP contribution in [0.25, 0.3) is 11.3 Å². The Kier molecular flexibility index (Phi) is 6.56. The van der Waals surface area contributed by atoms with Gasteiger partial charge in [-0.3, -0.25) is 4.79 Å². The molecule has 0 aliphatic carbocycles. The van der Waals surface area contributed by atoms with E-state index in [0.29, 0.717) is 18.7 Å². The van der Waals surface area contributed by atoms with Crippen LogP contribution < -0.4 is 10.6 Å². The SMILES string of the molecule is COC(=O)NC(CC(C)C)C(=O)NCc1cccc(-c2cnco2)c1. The summed E-state index contributed by atoms with van der Waals surface area (Å²) in [6.45, 7) is 4.32. The van der Waals surface area contributed by atoms with Crippen LogP contribution >= 0.6 is 0 Å². The molecule has 0 bridgehead atoms. The van der Waals surface area contributed by atoms with E-state index in [2.05, 4.69) is 20.4 Å². The van der Waals surface area contributed by atoms with E-state index in [9.17, 15) is 9.59 Å². The molecule has 0 aliphatic rings. The topological polar surface area (TPSA) is 93.5 Å². The van der Waals surface area contributed by atoms with Gasteiger partial charge in [0, 0.05) is 12.1 Å². The van der Waals surface area contributed by atoms with Crippen LogP contribution in [0.1, 0.15) is 25.8 Å². The molecule has 0 spiro atoms. The highest BCUT2D eigenvalue weighted by atomic mass is 16.5. The second-order valence-electron chi connectivity index (χ2n) is 6.10. The molecule has 2 N–H and O–H groups in total. The zero-order valence-electron chi connectivity index (χ0n) is 14.6. The minimum atomic E-state index is -0.634. The van der Waals surface area contributed by atoms with E-state index in [0.717, 1.165) is 11.1 Å². The van der Waals surface area contributed by atoms with Crippen molar-refractivity contribution in [2.45, 2.75) is 32.9 Å². The lowest BCUT2D eigenvalue weighted by molar-refractivity contribution is -0.123. The van der Waals surface area contributed by atoms with Crippen molar-refractivity contribution < 1.29 is 18.7 Å². The molecule has 2 aromatic rings. The van der Waals surface area contributed by atoms with Crippen LogP contribution in [0.3, 0.4) is 0 Å². The molecule has 1 aromatic heterocycles. The van der Waals surface area contributed by atoms with Gasteiger partial charge in [-0.25, -0.2) is 9.78 Å². The predicted octanol–water partition coefficient (Wildman–Crippen LogP) is 2.73. The number of carbonyl (C=O) groups is 2. The largest absolute Gasteiger partial charge is 0.453 e. The Morgan fingerprint density at radius 3 is 2.76 bits per heavy atom. The minimum absolute atomic E-state index is 0.246. The first-order valence-electron chi connectivity index (χ1n) is 8.09. The van der Waals surface area contributed by atoms with Crippen molar-refractivity contribution in [3.63, 3.8) is 0 Å². The highest BCUT2D eigenvalue weighted by molar-refractivity contribution is 5.85. The summed E-state index contributed by atoms with van der Waals surface area (Å²) in [6, 6.07) is 6.99. The fourth-order valence-electron chi connectivity index (χ4n) is 2.41. The van der Waals surface area contributed by atoms with E-state index in [1.165, 1.54) is 13.5 Å². The first-order valence-corrected chi connectivity index (χ1v) is 8.09. The molecule has 0 fully saturated rings. The maximum Gasteiger partial charge on any atom is 0.407 e. The monoisotopic (exact) mass is 345 g/mol. The number of rotatable bonds is 7. The summed E-state index contributed by atoms with van der Waals surface area (Å²) < 4.78 is 9.86. The summed E-state index contributed by atoms with van der Waals surface area (Å²) in [5.74, 6) is 0.671. The standard InChI is InChI=1S/C18H23N3O4/c1-12(2)7-15(21-18(23)24-3)17(22)20-9-13-5-4-6-14(8-13)16-10-19-11-25-16/h4-6,8,10-12,15H,7,9H2,1-3H3,(H,20,22)(H,21,23). The van der Waals surface area contributed by atoms with Crippen LogP contribution in [0, 0.1) is 5.92 Å². The third kappa shape index (κ3) is 5.63. The van der Waals surface area contributed by atoms with Gasteiger partial charge in [-0.05, 0) is 24.0 Å². The number of ether oxygens (including phenoxy) is 1. The molecule has 2 amide bonds. The molecule has 1 aromatic carbocycles. The van der Waals surface area contributed by atoms with Gasteiger partial charge in [0.2, 0.25) is 5.91 Å². The Balaban J connectivity index is 1.99. The van der Waals surface area contributed by atoms with Gasteiger partial charge in [-0.15, -0.1) is 0 Å². The van der Waals surface area contributed by atoms with Crippen LogP contribution in [0.5, 0.6) is 0 Å². The summed E-state index contributed by atoms with van der Waals surface area (Å²) in [6.07, 6.45) is 2.92. The highest BCUT2D eigenvalue weighted by Crippen LogP contribution is 2.19. The molecule has 0 saturated heterocycles. The van der Waals surface area contributed by atoms with E-state index in [-0.39, 0.29) is 11.8 Å². The van der Waals surface area contributed by atoms with Gasteiger partial charge in [0.05, 0.1) is 13.3 Å². The summed E-state index contributed by atoms with van der Waals surface area (Å²) in [5.41, 5.74) is 1.80. The van der Waals surface area contributed by atoms with Crippen molar-refractivity contribution in [2.75, 3.05) is 7.11 Å². The number of benzene rings is 1. The van der Waals surface area contributed by atoms with Gasteiger partial charge in [0.25, 0.3) is 0 Å². The molecule has 1 heterocycles. The molecular weight excluding hydrogens is 322 g/mol. The van der Waals surface area contributed by atoms with Gasteiger partial charge in [0.15, 0.2) is 12.2 Å². The zero-order chi connectivity index (χ0) is 18.2. The lowest BCUT2D eigenvalue weighted by Gasteiger charge is -2.19. The van der Waals surface area contributed by atoms with E-state index in [4.69, 9.17) is 4.42 Å².